The molecule has 90 valence electrons. The third kappa shape index (κ3) is 2.37. The number of hydrogen-bond acceptors (Lipinski definition) is 2. The van der Waals surface area contributed by atoms with E-state index in [9.17, 15) is 0 Å². The highest BCUT2D eigenvalue weighted by molar-refractivity contribution is 5.78. The van der Waals surface area contributed by atoms with Crippen molar-refractivity contribution in [1.29, 1.82) is 0 Å². The molecule has 1 aromatic carbocycles. The Labute approximate surface area is 102 Å². The van der Waals surface area contributed by atoms with Crippen LogP contribution >= 0.6 is 0 Å². The molecule has 1 unspecified atom stereocenters. The van der Waals surface area contributed by atoms with Gasteiger partial charge in [0.2, 0.25) is 0 Å². The van der Waals surface area contributed by atoms with Crippen LogP contribution in [0.5, 0.6) is 0 Å². The maximum Gasteiger partial charge on any atom is 0.134 e. The van der Waals surface area contributed by atoms with Gasteiger partial charge in [-0.05, 0) is 69.0 Å². The third-order valence-corrected chi connectivity index (χ3v) is 3.63. The van der Waals surface area contributed by atoms with Gasteiger partial charge in [0, 0.05) is 5.39 Å². The lowest BCUT2D eigenvalue weighted by Gasteiger charge is -2.22. The molecule has 1 aliphatic rings. The molecule has 2 aromatic rings. The number of nitrogens with one attached hydrogen (secondary N) is 1. The molecule has 1 fully saturated rings. The molecule has 0 amide bonds. The van der Waals surface area contributed by atoms with Crippen molar-refractivity contribution in [2.24, 2.45) is 5.92 Å². The number of benzene rings is 1. The van der Waals surface area contributed by atoms with Crippen molar-refractivity contribution in [1.82, 2.24) is 5.32 Å². The predicted octanol–water partition coefficient (Wildman–Crippen LogP) is 3.28. The summed E-state index contributed by atoms with van der Waals surface area (Å²) in [6.07, 6.45) is 3.86. The second kappa shape index (κ2) is 4.53. The Balaban J connectivity index is 1.79. The molecular formula is C15H19NO. The summed E-state index contributed by atoms with van der Waals surface area (Å²) in [5.74, 6) is 1.80. The maximum absolute atomic E-state index is 5.60. The third-order valence-electron chi connectivity index (χ3n) is 3.63. The van der Waals surface area contributed by atoms with Crippen LogP contribution < -0.4 is 5.32 Å². The molecule has 1 aromatic heterocycles. The van der Waals surface area contributed by atoms with Gasteiger partial charge in [-0.3, -0.25) is 0 Å². The summed E-state index contributed by atoms with van der Waals surface area (Å²) in [5.41, 5.74) is 2.44. The molecule has 3 rings (SSSR count). The summed E-state index contributed by atoms with van der Waals surface area (Å²) in [6, 6.07) is 8.71. The average molecular weight is 229 g/mol. The lowest BCUT2D eigenvalue weighted by molar-refractivity contribution is 0.376. The zero-order valence-electron chi connectivity index (χ0n) is 10.3. The van der Waals surface area contributed by atoms with E-state index in [1.54, 1.807) is 0 Å². The first-order chi connectivity index (χ1) is 8.31. The minimum absolute atomic E-state index is 0.800. The fourth-order valence-electron chi connectivity index (χ4n) is 2.78. The van der Waals surface area contributed by atoms with Crippen molar-refractivity contribution in [3.63, 3.8) is 0 Å². The summed E-state index contributed by atoms with van der Waals surface area (Å²) >= 11 is 0. The molecule has 2 nitrogen and oxygen atoms in total. The van der Waals surface area contributed by atoms with E-state index in [-0.39, 0.29) is 0 Å². The van der Waals surface area contributed by atoms with Crippen LogP contribution in [0, 0.1) is 12.8 Å². The molecular weight excluding hydrogens is 210 g/mol. The summed E-state index contributed by atoms with van der Waals surface area (Å²) in [4.78, 5) is 0. The van der Waals surface area contributed by atoms with Crippen LogP contribution in [0.2, 0.25) is 0 Å². The Morgan fingerprint density at radius 2 is 2.29 bits per heavy atom. The van der Waals surface area contributed by atoms with Crippen LogP contribution in [0.15, 0.2) is 28.7 Å². The summed E-state index contributed by atoms with van der Waals surface area (Å²) in [6.45, 7) is 4.36. The minimum atomic E-state index is 0.800. The zero-order chi connectivity index (χ0) is 11.7. The fourth-order valence-corrected chi connectivity index (χ4v) is 2.78. The van der Waals surface area contributed by atoms with E-state index in [0.29, 0.717) is 0 Å². The second-order valence-electron chi connectivity index (χ2n) is 5.15. The topological polar surface area (TPSA) is 25.2 Å². The van der Waals surface area contributed by atoms with E-state index < -0.39 is 0 Å². The van der Waals surface area contributed by atoms with E-state index in [1.807, 2.05) is 6.92 Å². The van der Waals surface area contributed by atoms with Gasteiger partial charge in [-0.2, -0.15) is 0 Å². The van der Waals surface area contributed by atoms with E-state index in [0.717, 1.165) is 17.3 Å². The van der Waals surface area contributed by atoms with Crippen LogP contribution in [0.1, 0.15) is 24.2 Å². The van der Waals surface area contributed by atoms with E-state index >= 15 is 0 Å². The lowest BCUT2D eigenvalue weighted by Crippen LogP contribution is -2.30. The van der Waals surface area contributed by atoms with Crippen molar-refractivity contribution in [2.45, 2.75) is 26.2 Å². The Morgan fingerprint density at radius 1 is 1.35 bits per heavy atom. The number of fused-ring (bicyclic) bond motifs is 1. The fraction of sp³-hybridized carbons (Fsp3) is 0.467. The standard InChI is InChI=1S/C15H19NO/c1-11-7-14-9-12(4-5-15(14)17-11)8-13-3-2-6-16-10-13/h4-5,7,9,13,16H,2-3,6,8,10H2,1H3. The second-order valence-corrected chi connectivity index (χ2v) is 5.15. The highest BCUT2D eigenvalue weighted by Gasteiger charge is 2.13. The van der Waals surface area contributed by atoms with Gasteiger partial charge in [-0.1, -0.05) is 6.07 Å². The molecule has 17 heavy (non-hydrogen) atoms. The molecule has 0 spiro atoms. The lowest BCUT2D eigenvalue weighted by atomic mass is 9.92. The van der Waals surface area contributed by atoms with E-state index in [1.165, 1.54) is 43.3 Å². The highest BCUT2D eigenvalue weighted by Crippen LogP contribution is 2.23. The SMILES string of the molecule is Cc1cc2cc(CC3CCCNC3)ccc2o1. The summed E-state index contributed by atoms with van der Waals surface area (Å²) < 4.78 is 5.60. The van der Waals surface area contributed by atoms with Crippen LogP contribution in [-0.2, 0) is 6.42 Å². The molecule has 1 aliphatic heterocycles. The monoisotopic (exact) mass is 229 g/mol. The van der Waals surface area contributed by atoms with Crippen LogP contribution in [0.25, 0.3) is 11.0 Å². The molecule has 0 bridgehead atoms. The van der Waals surface area contributed by atoms with Crippen LogP contribution in [0.4, 0.5) is 0 Å². The molecule has 0 aliphatic carbocycles. The Morgan fingerprint density at radius 3 is 3.12 bits per heavy atom. The van der Waals surface area contributed by atoms with Gasteiger partial charge in [0.15, 0.2) is 0 Å². The Hall–Kier alpha value is -1.28. The van der Waals surface area contributed by atoms with Gasteiger partial charge in [0.1, 0.15) is 11.3 Å². The average Bonchev–Trinajstić information content (AvgIpc) is 2.70. The van der Waals surface area contributed by atoms with Crippen molar-refractivity contribution >= 4 is 11.0 Å². The normalized spacial score (nSPS) is 20.9. The smallest absolute Gasteiger partial charge is 0.134 e. The summed E-state index contributed by atoms with van der Waals surface area (Å²) in [5, 5.41) is 4.72. The van der Waals surface area contributed by atoms with Crippen LogP contribution in [-0.4, -0.2) is 13.1 Å². The Bertz CT molecular complexity index is 509. The molecule has 0 radical (unpaired) electrons. The molecule has 2 heterocycles. The Kier molecular flexibility index (Phi) is 2.89. The first-order valence-electron chi connectivity index (χ1n) is 6.51. The van der Waals surface area contributed by atoms with Gasteiger partial charge < -0.3 is 9.73 Å². The molecule has 1 N–H and O–H groups in total. The number of rotatable bonds is 2. The first-order valence-corrected chi connectivity index (χ1v) is 6.51. The first kappa shape index (κ1) is 10.8. The molecule has 1 saturated heterocycles. The number of aryl methyl sites for hydroxylation is 1. The maximum atomic E-state index is 5.60. The molecule has 2 heteroatoms. The van der Waals surface area contributed by atoms with Crippen molar-refractivity contribution in [3.8, 4) is 0 Å². The van der Waals surface area contributed by atoms with E-state index in [4.69, 9.17) is 4.42 Å². The van der Waals surface area contributed by atoms with Crippen molar-refractivity contribution < 1.29 is 4.42 Å². The van der Waals surface area contributed by atoms with Gasteiger partial charge in [-0.25, -0.2) is 0 Å². The van der Waals surface area contributed by atoms with Gasteiger partial charge in [0.25, 0.3) is 0 Å². The van der Waals surface area contributed by atoms with Crippen molar-refractivity contribution in [3.05, 3.63) is 35.6 Å². The van der Waals surface area contributed by atoms with Gasteiger partial charge >= 0.3 is 0 Å². The number of hydrogen-bond donors (Lipinski definition) is 1. The summed E-state index contributed by atoms with van der Waals surface area (Å²) in [7, 11) is 0. The zero-order valence-corrected chi connectivity index (χ0v) is 10.3. The van der Waals surface area contributed by atoms with E-state index in [2.05, 4.69) is 29.6 Å². The minimum Gasteiger partial charge on any atom is -0.461 e. The molecule has 0 saturated carbocycles. The van der Waals surface area contributed by atoms with Crippen LogP contribution in [0.3, 0.4) is 0 Å². The number of furan rings is 1. The van der Waals surface area contributed by atoms with Crippen molar-refractivity contribution in [2.75, 3.05) is 13.1 Å². The largest absolute Gasteiger partial charge is 0.461 e. The highest BCUT2D eigenvalue weighted by atomic mass is 16.3. The number of piperidine rings is 1. The predicted molar refractivity (Wildman–Crippen MR) is 70.2 cm³/mol. The van der Waals surface area contributed by atoms with Gasteiger partial charge in [-0.15, -0.1) is 0 Å². The quantitative estimate of drug-likeness (QED) is 0.855. The molecule has 1 atom stereocenters. The van der Waals surface area contributed by atoms with Gasteiger partial charge in [0.05, 0.1) is 0 Å².